The van der Waals surface area contributed by atoms with Crippen molar-refractivity contribution in [3.63, 3.8) is 0 Å². The van der Waals surface area contributed by atoms with Gasteiger partial charge < -0.3 is 15.1 Å². The van der Waals surface area contributed by atoms with Gasteiger partial charge >= 0.3 is 6.03 Å². The van der Waals surface area contributed by atoms with Gasteiger partial charge in [-0.3, -0.25) is 9.69 Å². The highest BCUT2D eigenvalue weighted by Crippen LogP contribution is 2.16. The quantitative estimate of drug-likeness (QED) is 0.834. The molecule has 0 aromatic heterocycles. The molecule has 3 amide bonds. The maximum atomic E-state index is 12.4. The highest BCUT2D eigenvalue weighted by molar-refractivity contribution is 5.82. The summed E-state index contributed by atoms with van der Waals surface area (Å²) < 4.78 is 0. The molecule has 1 atom stereocenters. The Morgan fingerprint density at radius 1 is 1.09 bits per heavy atom. The molecule has 2 rings (SSSR count). The molecule has 2 saturated heterocycles. The number of likely N-dealkylation sites (tertiary alicyclic amines) is 2. The second-order valence-electron chi connectivity index (χ2n) is 6.74. The van der Waals surface area contributed by atoms with Crippen molar-refractivity contribution in [1.29, 1.82) is 0 Å². The molecule has 2 heterocycles. The highest BCUT2D eigenvalue weighted by atomic mass is 16.2. The van der Waals surface area contributed by atoms with Crippen molar-refractivity contribution in [3.8, 4) is 0 Å². The molecule has 2 aliphatic rings. The van der Waals surface area contributed by atoms with E-state index in [0.29, 0.717) is 0 Å². The maximum Gasteiger partial charge on any atom is 0.319 e. The van der Waals surface area contributed by atoms with Gasteiger partial charge in [0.2, 0.25) is 5.91 Å². The molecule has 0 radical (unpaired) electrons. The minimum atomic E-state index is -0.0516. The topological polar surface area (TPSA) is 55.9 Å². The van der Waals surface area contributed by atoms with Crippen molar-refractivity contribution in [1.82, 2.24) is 20.0 Å². The van der Waals surface area contributed by atoms with Gasteiger partial charge in [-0.15, -0.1) is 0 Å². The van der Waals surface area contributed by atoms with Crippen molar-refractivity contribution in [2.24, 2.45) is 0 Å². The lowest BCUT2D eigenvalue weighted by atomic mass is 10.0. The van der Waals surface area contributed by atoms with Crippen LogP contribution in [0.15, 0.2) is 0 Å². The summed E-state index contributed by atoms with van der Waals surface area (Å²) in [5.74, 6) is 0.126. The predicted molar refractivity (Wildman–Crippen MR) is 91.3 cm³/mol. The van der Waals surface area contributed by atoms with Crippen LogP contribution in [0, 0.1) is 0 Å². The lowest BCUT2D eigenvalue weighted by molar-refractivity contribution is -0.127. The first-order valence-electron chi connectivity index (χ1n) is 9.11. The normalized spacial score (nSPS) is 20.9. The lowest BCUT2D eigenvalue weighted by Gasteiger charge is -2.35. The second kappa shape index (κ2) is 8.52. The smallest absolute Gasteiger partial charge is 0.319 e. The van der Waals surface area contributed by atoms with E-state index in [0.717, 1.165) is 64.8 Å². The Labute approximate surface area is 140 Å². The van der Waals surface area contributed by atoms with E-state index in [9.17, 15) is 9.59 Å². The zero-order valence-electron chi connectivity index (χ0n) is 14.9. The Morgan fingerprint density at radius 3 is 2.17 bits per heavy atom. The molecule has 2 aliphatic heterocycles. The van der Waals surface area contributed by atoms with Crippen molar-refractivity contribution in [2.45, 2.75) is 58.0 Å². The number of urea groups is 1. The SMILES string of the molecule is CCC(C(=O)NC1CCN(C(=O)N2CCCC2)CC1)N(C)CC. The fraction of sp³-hybridized carbons (Fsp3) is 0.882. The first-order chi connectivity index (χ1) is 11.1. The number of nitrogens with one attached hydrogen (secondary N) is 1. The predicted octanol–water partition coefficient (Wildman–Crippen LogP) is 1.51. The summed E-state index contributed by atoms with van der Waals surface area (Å²) in [5, 5.41) is 3.18. The molecule has 1 N–H and O–H groups in total. The van der Waals surface area contributed by atoms with Crippen LogP contribution in [0.2, 0.25) is 0 Å². The molecule has 0 saturated carbocycles. The number of rotatable bonds is 5. The van der Waals surface area contributed by atoms with Crippen molar-refractivity contribution in [3.05, 3.63) is 0 Å². The summed E-state index contributed by atoms with van der Waals surface area (Å²) in [6.07, 6.45) is 4.79. The van der Waals surface area contributed by atoms with Crippen molar-refractivity contribution in [2.75, 3.05) is 39.8 Å². The molecule has 0 aromatic rings. The third-order valence-electron chi connectivity index (χ3n) is 5.21. The summed E-state index contributed by atoms with van der Waals surface area (Å²) in [5.41, 5.74) is 0. The van der Waals surface area contributed by atoms with E-state index >= 15 is 0 Å². The Bertz CT molecular complexity index is 401. The Hall–Kier alpha value is -1.30. The highest BCUT2D eigenvalue weighted by Gasteiger charge is 2.29. The standard InChI is InChI=1S/C17H32N4O2/c1-4-15(19(3)5-2)16(22)18-14-8-12-21(13-9-14)17(23)20-10-6-7-11-20/h14-15H,4-13H2,1-3H3,(H,18,22). The number of carbonyl (C=O) groups excluding carboxylic acids is 2. The number of carbonyl (C=O) groups is 2. The van der Waals surface area contributed by atoms with E-state index in [1.165, 1.54) is 0 Å². The summed E-state index contributed by atoms with van der Waals surface area (Å²) in [6, 6.07) is 0.332. The van der Waals surface area contributed by atoms with Crippen LogP contribution in [0.25, 0.3) is 0 Å². The first kappa shape index (κ1) is 18.0. The second-order valence-corrected chi connectivity index (χ2v) is 6.74. The van der Waals surface area contributed by atoms with Gasteiger partial charge in [-0.05, 0) is 45.7 Å². The number of hydrogen-bond donors (Lipinski definition) is 1. The summed E-state index contributed by atoms with van der Waals surface area (Å²) in [6.45, 7) is 8.29. The van der Waals surface area contributed by atoms with E-state index in [1.54, 1.807) is 0 Å². The summed E-state index contributed by atoms with van der Waals surface area (Å²) in [4.78, 5) is 30.8. The largest absolute Gasteiger partial charge is 0.352 e. The Kier molecular flexibility index (Phi) is 6.69. The molecule has 0 bridgehead atoms. The molecule has 2 fully saturated rings. The van der Waals surface area contributed by atoms with E-state index in [2.05, 4.69) is 17.1 Å². The van der Waals surface area contributed by atoms with E-state index in [1.807, 2.05) is 23.8 Å². The van der Waals surface area contributed by atoms with Crippen LogP contribution in [-0.4, -0.2) is 78.5 Å². The molecule has 0 aromatic carbocycles. The molecule has 0 spiro atoms. The Balaban J connectivity index is 1.77. The Morgan fingerprint density at radius 2 is 1.65 bits per heavy atom. The van der Waals surface area contributed by atoms with Crippen molar-refractivity contribution < 1.29 is 9.59 Å². The van der Waals surface area contributed by atoms with Crippen LogP contribution in [0.1, 0.15) is 46.0 Å². The molecular weight excluding hydrogens is 292 g/mol. The number of amides is 3. The minimum absolute atomic E-state index is 0.0516. The van der Waals surface area contributed by atoms with Crippen LogP contribution in [-0.2, 0) is 4.79 Å². The molecule has 0 aliphatic carbocycles. The van der Waals surface area contributed by atoms with Gasteiger partial charge in [0.05, 0.1) is 6.04 Å². The molecular formula is C17H32N4O2. The lowest BCUT2D eigenvalue weighted by Crippen LogP contribution is -2.53. The minimum Gasteiger partial charge on any atom is -0.352 e. The van der Waals surface area contributed by atoms with Gasteiger partial charge in [0.25, 0.3) is 0 Å². The first-order valence-corrected chi connectivity index (χ1v) is 9.11. The fourth-order valence-electron chi connectivity index (χ4n) is 3.54. The third-order valence-corrected chi connectivity index (χ3v) is 5.21. The maximum absolute atomic E-state index is 12.4. The molecule has 6 heteroatoms. The number of piperidine rings is 1. The van der Waals surface area contributed by atoms with Crippen LogP contribution < -0.4 is 5.32 Å². The summed E-state index contributed by atoms with van der Waals surface area (Å²) >= 11 is 0. The third kappa shape index (κ3) is 4.59. The number of likely N-dealkylation sites (N-methyl/N-ethyl adjacent to an activating group) is 1. The monoisotopic (exact) mass is 324 g/mol. The van der Waals surface area contributed by atoms with E-state index < -0.39 is 0 Å². The molecule has 6 nitrogen and oxygen atoms in total. The average molecular weight is 324 g/mol. The number of hydrogen-bond acceptors (Lipinski definition) is 3. The van der Waals surface area contributed by atoms with Crippen molar-refractivity contribution >= 4 is 11.9 Å². The van der Waals surface area contributed by atoms with E-state index in [-0.39, 0.29) is 24.0 Å². The van der Waals surface area contributed by atoms with Gasteiger partial charge in [0.15, 0.2) is 0 Å². The van der Waals surface area contributed by atoms with Crippen LogP contribution in [0.3, 0.4) is 0 Å². The van der Waals surface area contributed by atoms with Gasteiger partial charge in [-0.1, -0.05) is 13.8 Å². The van der Waals surface area contributed by atoms with Crippen LogP contribution in [0.4, 0.5) is 4.79 Å². The van der Waals surface area contributed by atoms with Crippen LogP contribution in [0.5, 0.6) is 0 Å². The van der Waals surface area contributed by atoms with E-state index in [4.69, 9.17) is 0 Å². The molecule has 1 unspecified atom stereocenters. The summed E-state index contributed by atoms with van der Waals surface area (Å²) in [7, 11) is 1.99. The zero-order chi connectivity index (χ0) is 16.8. The van der Waals surface area contributed by atoms with Crippen LogP contribution >= 0.6 is 0 Å². The average Bonchev–Trinajstić information content (AvgIpc) is 3.09. The fourth-order valence-corrected chi connectivity index (χ4v) is 3.54. The molecule has 23 heavy (non-hydrogen) atoms. The van der Waals surface area contributed by atoms with Gasteiger partial charge in [0, 0.05) is 32.2 Å². The molecule has 132 valence electrons. The zero-order valence-corrected chi connectivity index (χ0v) is 14.9. The van der Waals surface area contributed by atoms with Gasteiger partial charge in [-0.25, -0.2) is 4.79 Å². The number of nitrogens with zero attached hydrogens (tertiary/aromatic N) is 3. The van der Waals surface area contributed by atoms with Gasteiger partial charge in [0.1, 0.15) is 0 Å². The van der Waals surface area contributed by atoms with Gasteiger partial charge in [-0.2, -0.15) is 0 Å².